The van der Waals surface area contributed by atoms with Crippen molar-refractivity contribution in [3.8, 4) is 0 Å². The maximum atomic E-state index is 12.5. The highest BCUT2D eigenvalue weighted by atomic mass is 32.2. The molecule has 0 fully saturated rings. The number of carbonyl (C=O) groups is 1. The molecule has 2 aromatic rings. The van der Waals surface area contributed by atoms with Gasteiger partial charge in [0.2, 0.25) is 10.0 Å². The monoisotopic (exact) mass is 346 g/mol. The number of nitrogens with one attached hydrogen (secondary N) is 2. The van der Waals surface area contributed by atoms with Crippen molar-refractivity contribution >= 4 is 21.6 Å². The smallest absolute Gasteiger partial charge is 0.252 e. The number of anilines is 1. The minimum absolute atomic E-state index is 0.186. The van der Waals surface area contributed by atoms with Gasteiger partial charge in [0.15, 0.2) is 0 Å². The lowest BCUT2D eigenvalue weighted by Gasteiger charge is -2.19. The molecule has 0 heterocycles. The summed E-state index contributed by atoms with van der Waals surface area (Å²) in [7, 11) is -3.39. The summed E-state index contributed by atoms with van der Waals surface area (Å²) in [5.74, 6) is -0.186. The Balaban J connectivity index is 2.24. The third-order valence-corrected chi connectivity index (χ3v) is 4.29. The van der Waals surface area contributed by atoms with Crippen molar-refractivity contribution in [3.63, 3.8) is 0 Å². The zero-order valence-corrected chi connectivity index (χ0v) is 15.1. The molecule has 5 nitrogen and oxygen atoms in total. The normalized spacial score (nSPS) is 12.5. The summed E-state index contributed by atoms with van der Waals surface area (Å²) in [4.78, 5) is 12.5. The number of para-hydroxylation sites is 1. The van der Waals surface area contributed by atoms with Crippen LogP contribution >= 0.6 is 0 Å². The first-order valence-electron chi connectivity index (χ1n) is 7.62. The number of rotatable bonds is 5. The molecule has 0 aliphatic heterocycles. The van der Waals surface area contributed by atoms with Crippen LogP contribution in [0.25, 0.3) is 0 Å². The predicted octanol–water partition coefficient (Wildman–Crippen LogP) is 3.17. The fourth-order valence-corrected chi connectivity index (χ4v) is 3.17. The van der Waals surface area contributed by atoms with Crippen LogP contribution in [0.2, 0.25) is 0 Å². The SMILES string of the molecule is Cc1ccc(C(=O)N[C@@H](C)c2ccccc2NS(C)(=O)=O)c(C)c1. The molecule has 128 valence electrons. The summed E-state index contributed by atoms with van der Waals surface area (Å²) in [6.07, 6.45) is 1.10. The lowest BCUT2D eigenvalue weighted by Crippen LogP contribution is -2.28. The van der Waals surface area contributed by atoms with Crippen LogP contribution in [-0.4, -0.2) is 20.6 Å². The van der Waals surface area contributed by atoms with Gasteiger partial charge in [0.25, 0.3) is 5.91 Å². The van der Waals surface area contributed by atoms with Gasteiger partial charge >= 0.3 is 0 Å². The van der Waals surface area contributed by atoms with Crippen molar-refractivity contribution in [1.29, 1.82) is 0 Å². The maximum absolute atomic E-state index is 12.5. The fourth-order valence-electron chi connectivity index (χ4n) is 2.59. The number of carbonyl (C=O) groups excluding carboxylic acids is 1. The van der Waals surface area contributed by atoms with Gasteiger partial charge in [-0.2, -0.15) is 0 Å². The zero-order valence-electron chi connectivity index (χ0n) is 14.3. The molecular weight excluding hydrogens is 324 g/mol. The van der Waals surface area contributed by atoms with Gasteiger partial charge in [-0.15, -0.1) is 0 Å². The Labute approximate surface area is 143 Å². The number of hydrogen-bond acceptors (Lipinski definition) is 3. The number of hydrogen-bond donors (Lipinski definition) is 2. The number of aryl methyl sites for hydroxylation is 2. The summed E-state index contributed by atoms with van der Waals surface area (Å²) in [6, 6.07) is 12.3. The molecule has 0 spiro atoms. The van der Waals surface area contributed by atoms with Crippen molar-refractivity contribution in [1.82, 2.24) is 5.32 Å². The Morgan fingerprint density at radius 3 is 2.38 bits per heavy atom. The number of amides is 1. The molecule has 2 N–H and O–H groups in total. The van der Waals surface area contributed by atoms with Gasteiger partial charge in [0, 0.05) is 5.56 Å². The maximum Gasteiger partial charge on any atom is 0.252 e. The second-order valence-electron chi connectivity index (χ2n) is 5.98. The van der Waals surface area contributed by atoms with E-state index in [1.54, 1.807) is 24.3 Å². The van der Waals surface area contributed by atoms with Crippen LogP contribution in [0, 0.1) is 13.8 Å². The average molecular weight is 346 g/mol. The van der Waals surface area contributed by atoms with Gasteiger partial charge in [0.1, 0.15) is 0 Å². The molecule has 0 saturated heterocycles. The van der Waals surface area contributed by atoms with Gasteiger partial charge < -0.3 is 5.32 Å². The lowest BCUT2D eigenvalue weighted by atomic mass is 10.0. The summed E-state index contributed by atoms with van der Waals surface area (Å²) in [5, 5.41) is 2.93. The van der Waals surface area contributed by atoms with Crippen LogP contribution in [0.5, 0.6) is 0 Å². The van der Waals surface area contributed by atoms with Crippen molar-refractivity contribution in [3.05, 3.63) is 64.7 Å². The molecule has 1 atom stereocenters. The van der Waals surface area contributed by atoms with Gasteiger partial charge in [-0.25, -0.2) is 8.42 Å². The Kier molecular flexibility index (Phi) is 5.29. The predicted molar refractivity (Wildman–Crippen MR) is 96.7 cm³/mol. The Hall–Kier alpha value is -2.34. The average Bonchev–Trinajstić information content (AvgIpc) is 2.45. The summed E-state index contributed by atoms with van der Waals surface area (Å²) < 4.78 is 25.5. The van der Waals surface area contributed by atoms with E-state index in [0.29, 0.717) is 16.8 Å². The van der Waals surface area contributed by atoms with Gasteiger partial charge in [0.05, 0.1) is 18.0 Å². The van der Waals surface area contributed by atoms with E-state index in [9.17, 15) is 13.2 Å². The highest BCUT2D eigenvalue weighted by Crippen LogP contribution is 2.24. The minimum atomic E-state index is -3.39. The highest BCUT2D eigenvalue weighted by Gasteiger charge is 2.17. The van der Waals surface area contributed by atoms with E-state index in [1.807, 2.05) is 39.0 Å². The fraction of sp³-hybridized carbons (Fsp3) is 0.278. The van der Waals surface area contributed by atoms with Crippen molar-refractivity contribution in [2.24, 2.45) is 0 Å². The molecule has 1 amide bonds. The number of sulfonamides is 1. The quantitative estimate of drug-likeness (QED) is 0.873. The van der Waals surface area contributed by atoms with E-state index >= 15 is 0 Å². The molecular formula is C18H22N2O3S. The molecule has 2 rings (SSSR count). The van der Waals surface area contributed by atoms with Crippen LogP contribution in [0.4, 0.5) is 5.69 Å². The topological polar surface area (TPSA) is 75.3 Å². The van der Waals surface area contributed by atoms with Gasteiger partial charge in [-0.1, -0.05) is 35.9 Å². The van der Waals surface area contributed by atoms with Gasteiger partial charge in [-0.05, 0) is 44.0 Å². The van der Waals surface area contributed by atoms with E-state index in [1.165, 1.54) is 0 Å². The zero-order chi connectivity index (χ0) is 17.9. The molecule has 2 aromatic carbocycles. The van der Waals surface area contributed by atoms with Crippen molar-refractivity contribution in [2.75, 3.05) is 11.0 Å². The lowest BCUT2D eigenvalue weighted by molar-refractivity contribution is 0.0939. The first-order valence-corrected chi connectivity index (χ1v) is 9.51. The van der Waals surface area contributed by atoms with Crippen LogP contribution < -0.4 is 10.0 Å². The molecule has 0 radical (unpaired) electrons. The van der Waals surface area contributed by atoms with Gasteiger partial charge in [-0.3, -0.25) is 9.52 Å². The molecule has 0 aliphatic carbocycles. The molecule has 0 aliphatic rings. The Morgan fingerprint density at radius 2 is 1.75 bits per heavy atom. The first-order chi connectivity index (χ1) is 11.2. The van der Waals surface area contributed by atoms with E-state index in [4.69, 9.17) is 0 Å². The summed E-state index contributed by atoms with van der Waals surface area (Å²) >= 11 is 0. The third-order valence-electron chi connectivity index (χ3n) is 3.70. The standard InChI is InChI=1S/C18H22N2O3S/c1-12-9-10-15(13(2)11-12)18(21)19-14(3)16-7-5-6-8-17(16)20-24(4,22)23/h5-11,14,20H,1-4H3,(H,19,21)/t14-/m0/s1. The molecule has 0 unspecified atom stereocenters. The van der Waals surface area contributed by atoms with Crippen LogP contribution in [0.15, 0.2) is 42.5 Å². The van der Waals surface area contributed by atoms with E-state index in [0.717, 1.165) is 17.4 Å². The molecule has 0 aromatic heterocycles. The Bertz CT molecular complexity index is 860. The van der Waals surface area contributed by atoms with Crippen LogP contribution in [0.3, 0.4) is 0 Å². The van der Waals surface area contributed by atoms with Crippen molar-refractivity contribution < 1.29 is 13.2 Å². The second-order valence-corrected chi connectivity index (χ2v) is 7.72. The number of benzene rings is 2. The van der Waals surface area contributed by atoms with Crippen molar-refractivity contribution in [2.45, 2.75) is 26.8 Å². The molecule has 24 heavy (non-hydrogen) atoms. The minimum Gasteiger partial charge on any atom is -0.345 e. The largest absolute Gasteiger partial charge is 0.345 e. The molecule has 6 heteroatoms. The highest BCUT2D eigenvalue weighted by molar-refractivity contribution is 7.92. The summed E-state index contributed by atoms with van der Waals surface area (Å²) in [6.45, 7) is 5.69. The summed E-state index contributed by atoms with van der Waals surface area (Å²) in [5.41, 5.74) is 3.79. The van der Waals surface area contributed by atoms with Crippen LogP contribution in [-0.2, 0) is 10.0 Å². The van der Waals surface area contributed by atoms with E-state index in [2.05, 4.69) is 10.0 Å². The third kappa shape index (κ3) is 4.58. The van der Waals surface area contributed by atoms with E-state index in [-0.39, 0.29) is 11.9 Å². The second kappa shape index (κ2) is 7.05. The Morgan fingerprint density at radius 1 is 1.08 bits per heavy atom. The van der Waals surface area contributed by atoms with E-state index < -0.39 is 10.0 Å². The molecule has 0 saturated carbocycles. The first kappa shape index (κ1) is 18.0. The van der Waals surface area contributed by atoms with Crippen LogP contribution in [0.1, 0.15) is 40.0 Å². The molecule has 0 bridgehead atoms.